The summed E-state index contributed by atoms with van der Waals surface area (Å²) >= 11 is 0. The van der Waals surface area contributed by atoms with E-state index in [0.717, 1.165) is 4.90 Å². The summed E-state index contributed by atoms with van der Waals surface area (Å²) in [6, 6.07) is 3.00. The van der Waals surface area contributed by atoms with Gasteiger partial charge in [0.15, 0.2) is 11.6 Å². The Kier molecular flexibility index (Phi) is 3.41. The summed E-state index contributed by atoms with van der Waals surface area (Å²) in [5.74, 6) is -1.48. The van der Waals surface area contributed by atoms with E-state index in [1.165, 1.54) is 13.2 Å². The molecular weight excluding hydrogens is 265 g/mol. The molecule has 0 fully saturated rings. The summed E-state index contributed by atoms with van der Waals surface area (Å²) in [5.41, 5.74) is -0.406. The van der Waals surface area contributed by atoms with Crippen LogP contribution in [-0.4, -0.2) is 29.6 Å². The third-order valence-electron chi connectivity index (χ3n) is 2.81. The predicted molar refractivity (Wildman–Crippen MR) is 69.1 cm³/mol. The molecule has 6 heteroatoms. The lowest BCUT2D eigenvalue weighted by Gasteiger charge is -2.23. The number of amides is 2. The number of carbonyl (C=O) groups excluding carboxylic acids is 2. The average Bonchev–Trinajstić information content (AvgIpc) is 2.66. The Morgan fingerprint density at radius 2 is 2.00 bits per heavy atom. The third-order valence-corrected chi connectivity index (χ3v) is 2.81. The standard InChI is InChI=1S/C14H16FNO4/c1-14(2,3)20-13(18)16-7-8-5-6-9(19-4)11(15)10(8)12(16)17/h5-6H,7H2,1-4H3. The maximum absolute atomic E-state index is 14.1. The smallest absolute Gasteiger partial charge is 0.417 e. The van der Waals surface area contributed by atoms with E-state index < -0.39 is 23.4 Å². The predicted octanol–water partition coefficient (Wildman–Crippen LogP) is 2.73. The van der Waals surface area contributed by atoms with Crippen molar-refractivity contribution in [1.29, 1.82) is 0 Å². The minimum absolute atomic E-state index is 0.00396. The van der Waals surface area contributed by atoms with Crippen LogP contribution in [-0.2, 0) is 11.3 Å². The van der Waals surface area contributed by atoms with Crippen molar-refractivity contribution in [1.82, 2.24) is 4.90 Å². The van der Waals surface area contributed by atoms with Crippen molar-refractivity contribution in [2.24, 2.45) is 0 Å². The molecule has 0 atom stereocenters. The van der Waals surface area contributed by atoms with Crippen molar-refractivity contribution in [3.8, 4) is 5.75 Å². The van der Waals surface area contributed by atoms with Crippen LogP contribution in [0, 0.1) is 5.82 Å². The lowest BCUT2D eigenvalue weighted by atomic mass is 10.1. The van der Waals surface area contributed by atoms with Crippen molar-refractivity contribution in [3.05, 3.63) is 29.1 Å². The van der Waals surface area contributed by atoms with Gasteiger partial charge in [-0.1, -0.05) is 6.07 Å². The van der Waals surface area contributed by atoms with E-state index in [1.54, 1.807) is 26.8 Å². The van der Waals surface area contributed by atoms with Crippen LogP contribution in [0.4, 0.5) is 9.18 Å². The summed E-state index contributed by atoms with van der Waals surface area (Å²) in [6.07, 6.45) is -0.780. The van der Waals surface area contributed by atoms with Gasteiger partial charge in [0.2, 0.25) is 0 Å². The zero-order chi connectivity index (χ0) is 15.1. The van der Waals surface area contributed by atoms with E-state index in [0.29, 0.717) is 5.56 Å². The number of hydrogen-bond acceptors (Lipinski definition) is 4. The number of fused-ring (bicyclic) bond motifs is 1. The molecule has 2 rings (SSSR count). The van der Waals surface area contributed by atoms with E-state index in [2.05, 4.69) is 0 Å². The molecule has 0 saturated carbocycles. The van der Waals surface area contributed by atoms with Crippen molar-refractivity contribution in [2.45, 2.75) is 32.9 Å². The number of halogens is 1. The van der Waals surface area contributed by atoms with Gasteiger partial charge in [0.05, 0.1) is 19.2 Å². The Morgan fingerprint density at radius 3 is 2.55 bits per heavy atom. The molecule has 0 aromatic heterocycles. The van der Waals surface area contributed by atoms with Crippen LogP contribution in [0.1, 0.15) is 36.7 Å². The summed E-state index contributed by atoms with van der Waals surface area (Å²) in [5, 5.41) is 0. The van der Waals surface area contributed by atoms with E-state index >= 15 is 0 Å². The van der Waals surface area contributed by atoms with Crippen LogP contribution in [0.3, 0.4) is 0 Å². The van der Waals surface area contributed by atoms with Gasteiger partial charge < -0.3 is 9.47 Å². The van der Waals surface area contributed by atoms with Crippen LogP contribution in [0.25, 0.3) is 0 Å². The van der Waals surface area contributed by atoms with Crippen LogP contribution in [0.2, 0.25) is 0 Å². The molecule has 1 aromatic carbocycles. The molecular formula is C14H16FNO4. The van der Waals surface area contributed by atoms with Crippen LogP contribution in [0.15, 0.2) is 12.1 Å². The molecule has 0 N–H and O–H groups in total. The quantitative estimate of drug-likeness (QED) is 0.794. The highest BCUT2D eigenvalue weighted by molar-refractivity contribution is 6.06. The van der Waals surface area contributed by atoms with E-state index in [9.17, 15) is 14.0 Å². The highest BCUT2D eigenvalue weighted by Gasteiger charge is 2.38. The fourth-order valence-electron chi connectivity index (χ4n) is 1.96. The maximum Gasteiger partial charge on any atom is 0.417 e. The number of imide groups is 1. The second-order valence-electron chi connectivity index (χ2n) is 5.49. The van der Waals surface area contributed by atoms with Crippen LogP contribution in [0.5, 0.6) is 5.75 Å². The fourth-order valence-corrected chi connectivity index (χ4v) is 1.96. The van der Waals surface area contributed by atoms with Gasteiger partial charge in [-0.25, -0.2) is 14.1 Å². The zero-order valence-corrected chi connectivity index (χ0v) is 11.8. The molecule has 20 heavy (non-hydrogen) atoms. The highest BCUT2D eigenvalue weighted by Crippen LogP contribution is 2.31. The molecule has 1 heterocycles. The van der Waals surface area contributed by atoms with Gasteiger partial charge in [0.25, 0.3) is 5.91 Å². The molecule has 0 unspecified atom stereocenters. The van der Waals surface area contributed by atoms with E-state index in [1.807, 2.05) is 0 Å². The van der Waals surface area contributed by atoms with Gasteiger partial charge in [-0.05, 0) is 32.4 Å². The number of hydrogen-bond donors (Lipinski definition) is 0. The normalized spacial score (nSPS) is 14.2. The molecule has 108 valence electrons. The monoisotopic (exact) mass is 281 g/mol. The minimum Gasteiger partial charge on any atom is -0.494 e. The van der Waals surface area contributed by atoms with Crippen LogP contribution >= 0.6 is 0 Å². The average molecular weight is 281 g/mol. The Balaban J connectivity index is 2.30. The van der Waals surface area contributed by atoms with Crippen molar-refractivity contribution >= 4 is 12.0 Å². The first-order chi connectivity index (χ1) is 9.24. The number of carbonyl (C=O) groups is 2. The summed E-state index contributed by atoms with van der Waals surface area (Å²) in [7, 11) is 1.32. The molecule has 0 spiro atoms. The summed E-state index contributed by atoms with van der Waals surface area (Å²) in [4.78, 5) is 25.0. The lowest BCUT2D eigenvalue weighted by Crippen LogP contribution is -2.37. The summed E-state index contributed by atoms with van der Waals surface area (Å²) < 4.78 is 24.0. The number of nitrogens with zero attached hydrogens (tertiary/aromatic N) is 1. The molecule has 1 aliphatic heterocycles. The first kappa shape index (κ1) is 14.3. The second kappa shape index (κ2) is 4.77. The lowest BCUT2D eigenvalue weighted by molar-refractivity contribution is 0.0247. The molecule has 5 nitrogen and oxygen atoms in total. The van der Waals surface area contributed by atoms with Gasteiger partial charge in [-0.15, -0.1) is 0 Å². The van der Waals surface area contributed by atoms with E-state index in [4.69, 9.17) is 9.47 Å². The number of methoxy groups -OCH3 is 1. The molecule has 2 amide bonds. The molecule has 0 bridgehead atoms. The van der Waals surface area contributed by atoms with Crippen molar-refractivity contribution < 1.29 is 23.5 Å². The topological polar surface area (TPSA) is 55.8 Å². The van der Waals surface area contributed by atoms with E-state index in [-0.39, 0.29) is 17.9 Å². The maximum atomic E-state index is 14.1. The Labute approximate surface area is 116 Å². The molecule has 0 radical (unpaired) electrons. The first-order valence-electron chi connectivity index (χ1n) is 6.15. The molecule has 0 saturated heterocycles. The number of rotatable bonds is 1. The Hall–Kier alpha value is -2.11. The molecule has 1 aliphatic rings. The van der Waals surface area contributed by atoms with Crippen molar-refractivity contribution in [3.63, 3.8) is 0 Å². The molecule has 0 aliphatic carbocycles. The SMILES string of the molecule is COc1ccc2c(c1F)C(=O)N(C(=O)OC(C)(C)C)C2. The first-order valence-corrected chi connectivity index (χ1v) is 6.15. The van der Waals surface area contributed by atoms with Crippen molar-refractivity contribution in [2.75, 3.05) is 7.11 Å². The Morgan fingerprint density at radius 1 is 1.35 bits per heavy atom. The minimum atomic E-state index is -0.780. The Bertz CT molecular complexity index is 577. The van der Waals surface area contributed by atoms with Crippen LogP contribution < -0.4 is 4.74 Å². The van der Waals surface area contributed by atoms with Gasteiger partial charge >= 0.3 is 6.09 Å². The highest BCUT2D eigenvalue weighted by atomic mass is 19.1. The zero-order valence-electron chi connectivity index (χ0n) is 11.8. The van der Waals surface area contributed by atoms with Gasteiger partial charge in [0.1, 0.15) is 5.60 Å². The van der Waals surface area contributed by atoms with Gasteiger partial charge in [0, 0.05) is 0 Å². The molecule has 1 aromatic rings. The number of benzene rings is 1. The fraction of sp³-hybridized carbons (Fsp3) is 0.429. The summed E-state index contributed by atoms with van der Waals surface area (Å²) in [6.45, 7) is 5.09. The third kappa shape index (κ3) is 2.45. The largest absolute Gasteiger partial charge is 0.494 e. The second-order valence-corrected chi connectivity index (χ2v) is 5.49. The number of ether oxygens (including phenoxy) is 2. The van der Waals surface area contributed by atoms with Gasteiger partial charge in [-0.2, -0.15) is 0 Å². The van der Waals surface area contributed by atoms with Gasteiger partial charge in [-0.3, -0.25) is 4.79 Å².